The monoisotopic (exact) mass is 306 g/mol. The van der Waals surface area contributed by atoms with Crippen molar-refractivity contribution in [3.05, 3.63) is 29.8 Å². The van der Waals surface area contributed by atoms with Crippen LogP contribution >= 0.6 is 12.2 Å². The summed E-state index contributed by atoms with van der Waals surface area (Å²) in [6.45, 7) is 12.2. The summed E-state index contributed by atoms with van der Waals surface area (Å²) < 4.78 is 0. The molecule has 116 valence electrons. The molecule has 0 fully saturated rings. The lowest BCUT2D eigenvalue weighted by Crippen LogP contribution is -2.39. The van der Waals surface area contributed by atoms with Gasteiger partial charge in [0.15, 0.2) is 10.9 Å². The molecule has 1 N–H and O–H groups in total. The molecule has 1 rings (SSSR count). The van der Waals surface area contributed by atoms with E-state index in [0.717, 1.165) is 23.9 Å². The average Bonchev–Trinajstić information content (AvgIpc) is 2.37. The highest BCUT2D eigenvalue weighted by Gasteiger charge is 2.13. The molecule has 0 aliphatic rings. The third-order valence-electron chi connectivity index (χ3n) is 3.00. The molecule has 0 saturated carbocycles. The zero-order chi connectivity index (χ0) is 16.0. The van der Waals surface area contributed by atoms with Crippen molar-refractivity contribution in [2.75, 3.05) is 18.4 Å². The molecule has 4 heteroatoms. The van der Waals surface area contributed by atoms with Crippen LogP contribution in [0.5, 0.6) is 0 Å². The van der Waals surface area contributed by atoms with Crippen LogP contribution in [0.25, 0.3) is 0 Å². The van der Waals surface area contributed by atoms with Gasteiger partial charge in [-0.1, -0.05) is 27.7 Å². The highest BCUT2D eigenvalue weighted by atomic mass is 32.1. The Hall–Kier alpha value is -1.42. The first kappa shape index (κ1) is 17.6. The average molecular weight is 306 g/mol. The molecule has 0 bridgehead atoms. The minimum atomic E-state index is 0.0744. The molecule has 0 amide bonds. The fourth-order valence-electron chi connectivity index (χ4n) is 2.11. The van der Waals surface area contributed by atoms with Crippen molar-refractivity contribution < 1.29 is 4.79 Å². The van der Waals surface area contributed by atoms with E-state index < -0.39 is 0 Å². The SMILES string of the molecule is CC(=O)c1ccc(NC(=S)N(CC(C)C)CC(C)C)cc1. The molecular weight excluding hydrogens is 280 g/mol. The smallest absolute Gasteiger partial charge is 0.173 e. The molecule has 1 aromatic carbocycles. The van der Waals surface area contributed by atoms with Crippen molar-refractivity contribution in [3.63, 3.8) is 0 Å². The number of nitrogens with one attached hydrogen (secondary N) is 1. The topological polar surface area (TPSA) is 32.3 Å². The summed E-state index contributed by atoms with van der Waals surface area (Å²) in [5, 5.41) is 4.01. The van der Waals surface area contributed by atoms with Crippen LogP contribution in [0.1, 0.15) is 45.0 Å². The predicted molar refractivity (Wildman–Crippen MR) is 93.9 cm³/mol. The first-order valence-corrected chi connectivity index (χ1v) is 7.87. The van der Waals surface area contributed by atoms with Crippen LogP contribution in [-0.4, -0.2) is 28.9 Å². The zero-order valence-electron chi connectivity index (χ0n) is 13.6. The summed E-state index contributed by atoms with van der Waals surface area (Å²) in [7, 11) is 0. The van der Waals surface area contributed by atoms with Crippen molar-refractivity contribution >= 4 is 28.8 Å². The largest absolute Gasteiger partial charge is 0.349 e. The lowest BCUT2D eigenvalue weighted by Gasteiger charge is -2.29. The highest BCUT2D eigenvalue weighted by Crippen LogP contribution is 2.12. The normalized spacial score (nSPS) is 10.8. The summed E-state index contributed by atoms with van der Waals surface area (Å²) in [6, 6.07) is 7.43. The molecule has 0 unspecified atom stereocenters. The molecule has 0 aromatic heterocycles. The Morgan fingerprint density at radius 1 is 1.10 bits per heavy atom. The molecule has 3 nitrogen and oxygen atoms in total. The van der Waals surface area contributed by atoms with E-state index in [1.165, 1.54) is 0 Å². The van der Waals surface area contributed by atoms with E-state index in [2.05, 4.69) is 37.9 Å². The minimum absolute atomic E-state index is 0.0744. The fourth-order valence-corrected chi connectivity index (χ4v) is 2.38. The third kappa shape index (κ3) is 6.25. The summed E-state index contributed by atoms with van der Waals surface area (Å²) in [6.07, 6.45) is 0. The Kier molecular flexibility index (Phi) is 6.82. The first-order chi connectivity index (χ1) is 9.79. The Morgan fingerprint density at radius 3 is 1.95 bits per heavy atom. The van der Waals surface area contributed by atoms with Crippen LogP contribution in [0.3, 0.4) is 0 Å². The van der Waals surface area contributed by atoms with E-state index >= 15 is 0 Å². The molecule has 0 spiro atoms. The summed E-state index contributed by atoms with van der Waals surface area (Å²) in [5.41, 5.74) is 1.63. The number of carbonyl (C=O) groups excluding carboxylic acids is 1. The van der Waals surface area contributed by atoms with Gasteiger partial charge in [-0.15, -0.1) is 0 Å². The van der Waals surface area contributed by atoms with Crippen LogP contribution in [0, 0.1) is 11.8 Å². The van der Waals surface area contributed by atoms with Gasteiger partial charge in [0.1, 0.15) is 0 Å². The van der Waals surface area contributed by atoms with Crippen LogP contribution in [-0.2, 0) is 0 Å². The molecule has 0 radical (unpaired) electrons. The van der Waals surface area contributed by atoms with Gasteiger partial charge in [-0.05, 0) is 55.2 Å². The third-order valence-corrected chi connectivity index (χ3v) is 3.36. The lowest BCUT2D eigenvalue weighted by molar-refractivity contribution is 0.101. The van der Waals surface area contributed by atoms with E-state index in [0.29, 0.717) is 17.4 Å². The van der Waals surface area contributed by atoms with E-state index in [9.17, 15) is 4.79 Å². The second kappa shape index (κ2) is 8.13. The van der Waals surface area contributed by atoms with Gasteiger partial charge in [0.05, 0.1) is 0 Å². The van der Waals surface area contributed by atoms with Gasteiger partial charge in [-0.3, -0.25) is 4.79 Å². The molecule has 0 atom stereocenters. The van der Waals surface area contributed by atoms with Crippen molar-refractivity contribution in [2.24, 2.45) is 11.8 Å². The van der Waals surface area contributed by atoms with E-state index in [-0.39, 0.29) is 5.78 Å². The second-order valence-corrected chi connectivity index (χ2v) is 6.64. The van der Waals surface area contributed by atoms with Gasteiger partial charge in [0, 0.05) is 24.3 Å². The standard InChI is InChI=1S/C17H26N2OS/c1-12(2)10-19(11-13(3)4)17(21)18-16-8-6-15(7-9-16)14(5)20/h6-9,12-13H,10-11H2,1-5H3,(H,18,21). The summed E-state index contributed by atoms with van der Waals surface area (Å²) in [4.78, 5) is 13.5. The van der Waals surface area contributed by atoms with Crippen molar-refractivity contribution in [1.82, 2.24) is 4.90 Å². The Morgan fingerprint density at radius 2 is 1.57 bits per heavy atom. The maximum Gasteiger partial charge on any atom is 0.173 e. The molecule has 21 heavy (non-hydrogen) atoms. The number of rotatable bonds is 6. The lowest BCUT2D eigenvalue weighted by atomic mass is 10.1. The van der Waals surface area contributed by atoms with Crippen molar-refractivity contribution in [1.29, 1.82) is 0 Å². The van der Waals surface area contributed by atoms with Crippen LogP contribution in [0.4, 0.5) is 5.69 Å². The molecular formula is C17H26N2OS. The number of thiocarbonyl (C=S) groups is 1. The van der Waals surface area contributed by atoms with Gasteiger partial charge in [0.2, 0.25) is 0 Å². The number of ketones is 1. The maximum atomic E-state index is 11.3. The van der Waals surface area contributed by atoms with Crippen LogP contribution in [0.15, 0.2) is 24.3 Å². The molecule has 1 aromatic rings. The zero-order valence-corrected chi connectivity index (χ0v) is 14.5. The molecule has 0 aliphatic heterocycles. The van der Waals surface area contributed by atoms with Crippen molar-refractivity contribution in [3.8, 4) is 0 Å². The maximum absolute atomic E-state index is 11.3. The van der Waals surface area contributed by atoms with Crippen molar-refractivity contribution in [2.45, 2.75) is 34.6 Å². The predicted octanol–water partition coefficient (Wildman–Crippen LogP) is 4.20. The first-order valence-electron chi connectivity index (χ1n) is 7.46. The number of hydrogen-bond acceptors (Lipinski definition) is 2. The molecule has 0 heterocycles. The minimum Gasteiger partial charge on any atom is -0.349 e. The Bertz CT molecular complexity index is 470. The number of nitrogens with zero attached hydrogens (tertiary/aromatic N) is 1. The van der Waals surface area contributed by atoms with Gasteiger partial charge in [-0.2, -0.15) is 0 Å². The summed E-state index contributed by atoms with van der Waals surface area (Å²) in [5.74, 6) is 1.19. The van der Waals surface area contributed by atoms with Gasteiger partial charge >= 0.3 is 0 Å². The number of benzene rings is 1. The van der Waals surface area contributed by atoms with Gasteiger partial charge in [-0.25, -0.2) is 0 Å². The number of carbonyl (C=O) groups is 1. The Balaban J connectivity index is 2.73. The van der Waals surface area contributed by atoms with E-state index in [1.54, 1.807) is 6.92 Å². The summed E-state index contributed by atoms with van der Waals surface area (Å²) >= 11 is 5.53. The number of Topliss-reactive ketones (excluding diaryl/α,β-unsaturated/α-hetero) is 1. The van der Waals surface area contributed by atoms with Gasteiger partial charge in [0.25, 0.3) is 0 Å². The quantitative estimate of drug-likeness (QED) is 0.630. The molecule has 0 saturated heterocycles. The number of hydrogen-bond donors (Lipinski definition) is 1. The second-order valence-electron chi connectivity index (χ2n) is 6.26. The Labute approximate surface area is 133 Å². The van der Waals surface area contributed by atoms with Crippen LogP contribution < -0.4 is 5.32 Å². The van der Waals surface area contributed by atoms with E-state index in [4.69, 9.17) is 12.2 Å². The van der Waals surface area contributed by atoms with Gasteiger partial charge < -0.3 is 10.2 Å². The highest BCUT2D eigenvalue weighted by molar-refractivity contribution is 7.80. The van der Waals surface area contributed by atoms with Crippen LogP contribution in [0.2, 0.25) is 0 Å². The van der Waals surface area contributed by atoms with E-state index in [1.807, 2.05) is 24.3 Å². The molecule has 0 aliphatic carbocycles. The number of anilines is 1. The fraction of sp³-hybridized carbons (Fsp3) is 0.529.